The van der Waals surface area contributed by atoms with Crippen molar-refractivity contribution in [1.82, 2.24) is 15.5 Å². The van der Waals surface area contributed by atoms with E-state index in [1.807, 2.05) is 31.2 Å². The lowest BCUT2D eigenvalue weighted by atomic mass is 10.1. The number of aromatic amines is 1. The van der Waals surface area contributed by atoms with Gasteiger partial charge in [0.2, 0.25) is 0 Å². The number of hydrogen-bond acceptors (Lipinski definition) is 3. The van der Waals surface area contributed by atoms with Gasteiger partial charge in [0.05, 0.1) is 5.69 Å². The number of aryl methyl sites for hydroxylation is 1. The predicted octanol–water partition coefficient (Wildman–Crippen LogP) is 2.28. The Morgan fingerprint density at radius 3 is 2.77 bits per heavy atom. The van der Waals surface area contributed by atoms with Gasteiger partial charge in [-0.1, -0.05) is 29.8 Å². The third-order valence-corrected chi connectivity index (χ3v) is 4.12. The minimum absolute atomic E-state index is 0.0589. The molecule has 0 aliphatic heterocycles. The lowest BCUT2D eigenvalue weighted by molar-refractivity contribution is 0.0919. The average Bonchev–Trinajstić information content (AvgIpc) is 3.24. The van der Waals surface area contributed by atoms with Crippen LogP contribution in [0.25, 0.3) is 11.3 Å². The van der Waals surface area contributed by atoms with Crippen LogP contribution in [0, 0.1) is 12.8 Å². The highest BCUT2D eigenvalue weighted by Crippen LogP contribution is 2.34. The minimum atomic E-state index is -0.156. The molecule has 1 unspecified atom stereocenters. The molecule has 1 aliphatic carbocycles. The highest BCUT2D eigenvalue weighted by atomic mass is 16.3. The van der Waals surface area contributed by atoms with Gasteiger partial charge in [0.25, 0.3) is 5.91 Å². The van der Waals surface area contributed by atoms with Crippen molar-refractivity contribution >= 4 is 5.91 Å². The van der Waals surface area contributed by atoms with E-state index in [0.29, 0.717) is 18.0 Å². The van der Waals surface area contributed by atoms with Crippen molar-refractivity contribution in [2.75, 3.05) is 6.61 Å². The molecule has 0 spiro atoms. The Morgan fingerprint density at radius 1 is 1.41 bits per heavy atom. The number of rotatable bonds is 6. The number of nitrogens with zero attached hydrogens (tertiary/aromatic N) is 1. The lowest BCUT2D eigenvalue weighted by Crippen LogP contribution is -2.37. The van der Waals surface area contributed by atoms with Gasteiger partial charge in [-0.05, 0) is 38.2 Å². The molecule has 0 radical (unpaired) electrons. The van der Waals surface area contributed by atoms with Gasteiger partial charge in [0.1, 0.15) is 5.69 Å². The summed E-state index contributed by atoms with van der Waals surface area (Å²) in [6, 6.07) is 9.85. The van der Waals surface area contributed by atoms with E-state index < -0.39 is 0 Å². The second-order valence-corrected chi connectivity index (χ2v) is 5.96. The van der Waals surface area contributed by atoms with Crippen LogP contribution in [0.3, 0.4) is 0 Å². The van der Waals surface area contributed by atoms with E-state index >= 15 is 0 Å². The molecule has 1 amide bonds. The number of amides is 1. The zero-order valence-electron chi connectivity index (χ0n) is 12.7. The summed E-state index contributed by atoms with van der Waals surface area (Å²) < 4.78 is 0. The number of benzene rings is 1. The highest BCUT2D eigenvalue weighted by Gasteiger charge is 2.32. The molecular formula is C17H21N3O2. The van der Waals surface area contributed by atoms with Crippen LogP contribution in [0.1, 0.15) is 35.3 Å². The van der Waals surface area contributed by atoms with Gasteiger partial charge in [-0.3, -0.25) is 9.89 Å². The van der Waals surface area contributed by atoms with Crippen molar-refractivity contribution in [3.05, 3.63) is 41.6 Å². The van der Waals surface area contributed by atoms with Crippen molar-refractivity contribution in [2.45, 2.75) is 32.2 Å². The quantitative estimate of drug-likeness (QED) is 0.765. The maximum Gasteiger partial charge on any atom is 0.269 e. The average molecular weight is 299 g/mol. The molecule has 1 aromatic heterocycles. The molecule has 1 saturated carbocycles. The number of aromatic nitrogens is 2. The first-order valence-electron chi connectivity index (χ1n) is 7.71. The number of H-pyrrole nitrogens is 1. The van der Waals surface area contributed by atoms with E-state index in [2.05, 4.69) is 15.5 Å². The molecule has 2 aromatic rings. The molecule has 1 heterocycles. The topological polar surface area (TPSA) is 78.0 Å². The Hall–Kier alpha value is -2.14. The summed E-state index contributed by atoms with van der Waals surface area (Å²) in [5, 5.41) is 19.1. The van der Waals surface area contributed by atoms with Gasteiger partial charge >= 0.3 is 0 Å². The van der Waals surface area contributed by atoms with Crippen LogP contribution in [-0.4, -0.2) is 33.9 Å². The van der Waals surface area contributed by atoms with E-state index in [1.165, 1.54) is 5.56 Å². The Morgan fingerprint density at radius 2 is 2.14 bits per heavy atom. The first-order valence-corrected chi connectivity index (χ1v) is 7.71. The fourth-order valence-electron chi connectivity index (χ4n) is 2.62. The number of carbonyl (C=O) groups excluding carboxylic acids is 1. The molecule has 22 heavy (non-hydrogen) atoms. The molecule has 5 heteroatoms. The molecule has 116 valence electrons. The summed E-state index contributed by atoms with van der Waals surface area (Å²) in [6.07, 6.45) is 2.86. The molecule has 0 saturated heterocycles. The first-order chi connectivity index (χ1) is 10.7. The number of nitrogens with one attached hydrogen (secondary N) is 2. The largest absolute Gasteiger partial charge is 0.396 e. The molecule has 5 nitrogen and oxygen atoms in total. The highest BCUT2D eigenvalue weighted by molar-refractivity contribution is 5.93. The molecule has 1 atom stereocenters. The molecule has 0 bridgehead atoms. The normalized spacial score (nSPS) is 15.5. The number of aliphatic hydroxyl groups excluding tert-OH is 1. The predicted molar refractivity (Wildman–Crippen MR) is 84.4 cm³/mol. The zero-order valence-corrected chi connectivity index (χ0v) is 12.7. The second kappa shape index (κ2) is 6.32. The molecule has 1 fully saturated rings. The van der Waals surface area contributed by atoms with Crippen molar-refractivity contribution in [1.29, 1.82) is 0 Å². The van der Waals surface area contributed by atoms with Crippen LogP contribution < -0.4 is 5.32 Å². The minimum Gasteiger partial charge on any atom is -0.396 e. The van der Waals surface area contributed by atoms with E-state index in [1.54, 1.807) is 6.07 Å². The van der Waals surface area contributed by atoms with Crippen LogP contribution in [-0.2, 0) is 0 Å². The number of carbonyl (C=O) groups is 1. The summed E-state index contributed by atoms with van der Waals surface area (Å²) in [5.41, 5.74) is 3.39. The zero-order chi connectivity index (χ0) is 15.5. The van der Waals surface area contributed by atoms with Gasteiger partial charge in [-0.2, -0.15) is 5.10 Å². The van der Waals surface area contributed by atoms with E-state index in [9.17, 15) is 4.79 Å². The molecule has 1 aromatic carbocycles. The smallest absolute Gasteiger partial charge is 0.269 e. The standard InChI is InChI=1S/C17H21N3O2/c1-11-2-4-13(5-3-11)15-10-16(20-19-15)17(22)18-14(8-9-21)12-6-7-12/h2-5,10,12,14,21H,6-9H2,1H3,(H,18,22)(H,19,20). The summed E-state index contributed by atoms with van der Waals surface area (Å²) in [6.45, 7) is 2.13. The molecule has 3 rings (SSSR count). The van der Waals surface area contributed by atoms with Crippen LogP contribution in [0.5, 0.6) is 0 Å². The molecule has 3 N–H and O–H groups in total. The van der Waals surface area contributed by atoms with Crippen LogP contribution in [0.15, 0.2) is 30.3 Å². The van der Waals surface area contributed by atoms with Crippen molar-refractivity contribution in [2.24, 2.45) is 5.92 Å². The Bertz CT molecular complexity index is 644. The summed E-state index contributed by atoms with van der Waals surface area (Å²) >= 11 is 0. The fraction of sp³-hybridized carbons (Fsp3) is 0.412. The Labute approximate surface area is 129 Å². The van der Waals surface area contributed by atoms with Gasteiger partial charge < -0.3 is 10.4 Å². The van der Waals surface area contributed by atoms with Gasteiger partial charge in [0.15, 0.2) is 0 Å². The maximum absolute atomic E-state index is 12.3. The molecule has 1 aliphatic rings. The van der Waals surface area contributed by atoms with Crippen molar-refractivity contribution in [3.63, 3.8) is 0 Å². The third kappa shape index (κ3) is 3.36. The fourth-order valence-corrected chi connectivity index (χ4v) is 2.62. The van der Waals surface area contributed by atoms with Crippen molar-refractivity contribution < 1.29 is 9.90 Å². The van der Waals surface area contributed by atoms with Crippen LogP contribution in [0.2, 0.25) is 0 Å². The van der Waals surface area contributed by atoms with Crippen molar-refractivity contribution in [3.8, 4) is 11.3 Å². The number of aliphatic hydroxyl groups is 1. The van der Waals surface area contributed by atoms with Gasteiger partial charge in [0, 0.05) is 18.2 Å². The first kappa shape index (κ1) is 14.8. The van der Waals surface area contributed by atoms with E-state index in [4.69, 9.17) is 5.11 Å². The van der Waals surface area contributed by atoms with E-state index in [0.717, 1.165) is 24.1 Å². The van der Waals surface area contributed by atoms with E-state index in [-0.39, 0.29) is 18.6 Å². The van der Waals surface area contributed by atoms with Gasteiger partial charge in [-0.25, -0.2) is 0 Å². The third-order valence-electron chi connectivity index (χ3n) is 4.12. The summed E-state index contributed by atoms with van der Waals surface area (Å²) in [7, 11) is 0. The lowest BCUT2D eigenvalue weighted by Gasteiger charge is -2.16. The Balaban J connectivity index is 1.69. The maximum atomic E-state index is 12.3. The summed E-state index contributed by atoms with van der Waals surface area (Å²) in [5.74, 6) is 0.354. The molecular weight excluding hydrogens is 278 g/mol. The van der Waals surface area contributed by atoms with Gasteiger partial charge in [-0.15, -0.1) is 0 Å². The van der Waals surface area contributed by atoms with Crippen LogP contribution >= 0.6 is 0 Å². The number of hydrogen-bond donors (Lipinski definition) is 3. The monoisotopic (exact) mass is 299 g/mol. The Kier molecular flexibility index (Phi) is 4.24. The SMILES string of the molecule is Cc1ccc(-c2cc(C(=O)NC(CCO)C3CC3)[nH]n2)cc1. The second-order valence-electron chi connectivity index (χ2n) is 5.96. The van der Waals surface area contributed by atoms with Crippen LogP contribution in [0.4, 0.5) is 0 Å². The summed E-state index contributed by atoms with van der Waals surface area (Å²) in [4.78, 5) is 12.3.